The first kappa shape index (κ1) is 16.4. The minimum atomic E-state index is -0.229. The van der Waals surface area contributed by atoms with E-state index in [1.807, 2.05) is 30.3 Å². The Morgan fingerprint density at radius 2 is 1.75 bits per heavy atom. The number of rotatable bonds is 3. The molecule has 1 N–H and O–H groups in total. The fraction of sp³-hybridized carbons (Fsp3) is 0.421. The van der Waals surface area contributed by atoms with Gasteiger partial charge in [-0.25, -0.2) is 0 Å². The molecule has 24 heavy (non-hydrogen) atoms. The molecule has 1 fully saturated rings. The van der Waals surface area contributed by atoms with Crippen LogP contribution in [0.15, 0.2) is 36.4 Å². The zero-order valence-corrected chi connectivity index (χ0v) is 14.5. The number of nitrogens with zero attached hydrogens (tertiary/aromatic N) is 3. The minimum Gasteiger partial charge on any atom is -0.355 e. The Hall–Kier alpha value is -2.43. The van der Waals surface area contributed by atoms with Gasteiger partial charge < -0.3 is 10.2 Å². The van der Waals surface area contributed by atoms with Gasteiger partial charge in [-0.15, -0.1) is 10.2 Å². The number of nitrogens with one attached hydrogen (secondary N) is 1. The predicted octanol–water partition coefficient (Wildman–Crippen LogP) is 3.63. The number of anilines is 2. The molecule has 0 radical (unpaired) electrons. The first-order valence-electron chi connectivity index (χ1n) is 8.45. The highest BCUT2D eigenvalue weighted by atomic mass is 16.1. The molecule has 5 heteroatoms. The van der Waals surface area contributed by atoms with Crippen LogP contribution in [0.5, 0.6) is 0 Å². The van der Waals surface area contributed by atoms with E-state index in [0.717, 1.165) is 30.2 Å². The summed E-state index contributed by atoms with van der Waals surface area (Å²) in [6.07, 6.45) is 2.38. The highest BCUT2D eigenvalue weighted by Gasteiger charge is 2.20. The van der Waals surface area contributed by atoms with E-state index < -0.39 is 0 Å². The average Bonchev–Trinajstić information content (AvgIpc) is 3.09. The van der Waals surface area contributed by atoms with Gasteiger partial charge in [0.15, 0.2) is 11.5 Å². The topological polar surface area (TPSA) is 58.1 Å². The number of hydrogen-bond acceptors (Lipinski definition) is 4. The number of hydrogen-bond donors (Lipinski definition) is 1. The van der Waals surface area contributed by atoms with Crippen LogP contribution in [0, 0.1) is 0 Å². The van der Waals surface area contributed by atoms with Crippen LogP contribution in [-0.2, 0) is 5.41 Å². The lowest BCUT2D eigenvalue weighted by atomic mass is 9.86. The number of carbonyl (C=O) groups is 1. The van der Waals surface area contributed by atoms with E-state index >= 15 is 0 Å². The van der Waals surface area contributed by atoms with Crippen molar-refractivity contribution in [1.82, 2.24) is 10.2 Å². The van der Waals surface area contributed by atoms with Crippen molar-refractivity contribution in [3.63, 3.8) is 0 Å². The Balaban J connectivity index is 1.76. The maximum absolute atomic E-state index is 12.5. The van der Waals surface area contributed by atoms with Crippen molar-refractivity contribution in [3.8, 4) is 0 Å². The number of aromatic nitrogens is 2. The van der Waals surface area contributed by atoms with Crippen molar-refractivity contribution in [2.75, 3.05) is 23.3 Å². The second-order valence-corrected chi connectivity index (χ2v) is 7.22. The molecule has 0 saturated carbocycles. The van der Waals surface area contributed by atoms with Gasteiger partial charge in [0.2, 0.25) is 0 Å². The van der Waals surface area contributed by atoms with Gasteiger partial charge in [0.1, 0.15) is 0 Å². The fourth-order valence-electron chi connectivity index (χ4n) is 2.99. The predicted molar refractivity (Wildman–Crippen MR) is 96.6 cm³/mol. The first-order valence-corrected chi connectivity index (χ1v) is 8.45. The molecule has 5 nitrogen and oxygen atoms in total. The molecule has 2 heterocycles. The largest absolute Gasteiger partial charge is 0.355 e. The molecular weight excluding hydrogens is 300 g/mol. The average molecular weight is 324 g/mol. The number of benzene rings is 1. The van der Waals surface area contributed by atoms with Gasteiger partial charge >= 0.3 is 0 Å². The van der Waals surface area contributed by atoms with E-state index in [1.54, 1.807) is 6.07 Å². The van der Waals surface area contributed by atoms with Crippen LogP contribution in [0.3, 0.4) is 0 Å². The number of carbonyl (C=O) groups excluding carboxylic acids is 1. The zero-order chi connectivity index (χ0) is 17.2. The normalized spacial score (nSPS) is 14.7. The van der Waals surface area contributed by atoms with Crippen molar-refractivity contribution < 1.29 is 4.79 Å². The summed E-state index contributed by atoms with van der Waals surface area (Å²) in [6.45, 7) is 8.41. The summed E-state index contributed by atoms with van der Waals surface area (Å²) in [4.78, 5) is 14.7. The van der Waals surface area contributed by atoms with E-state index in [-0.39, 0.29) is 11.3 Å². The Morgan fingerprint density at radius 1 is 1.04 bits per heavy atom. The van der Waals surface area contributed by atoms with Crippen molar-refractivity contribution in [3.05, 3.63) is 47.7 Å². The second kappa shape index (κ2) is 6.59. The Morgan fingerprint density at radius 3 is 2.38 bits per heavy atom. The molecule has 1 aliphatic rings. The molecule has 0 unspecified atom stereocenters. The van der Waals surface area contributed by atoms with Crippen molar-refractivity contribution in [2.45, 2.75) is 39.0 Å². The number of para-hydroxylation sites is 1. The van der Waals surface area contributed by atoms with Crippen LogP contribution in [-0.4, -0.2) is 29.2 Å². The maximum atomic E-state index is 12.5. The summed E-state index contributed by atoms with van der Waals surface area (Å²) in [5.74, 6) is 0.617. The molecule has 3 rings (SSSR count). The molecule has 0 atom stereocenters. The molecule has 0 bridgehead atoms. The monoisotopic (exact) mass is 324 g/mol. The van der Waals surface area contributed by atoms with Gasteiger partial charge in [0.25, 0.3) is 5.91 Å². The molecular formula is C19H24N4O. The van der Waals surface area contributed by atoms with Gasteiger partial charge in [-0.1, -0.05) is 39.0 Å². The molecule has 2 aromatic rings. The zero-order valence-electron chi connectivity index (χ0n) is 14.5. The van der Waals surface area contributed by atoms with Crippen LogP contribution in [0.4, 0.5) is 11.5 Å². The van der Waals surface area contributed by atoms with Gasteiger partial charge in [0.05, 0.1) is 0 Å². The van der Waals surface area contributed by atoms with E-state index in [2.05, 4.69) is 41.2 Å². The van der Waals surface area contributed by atoms with Crippen molar-refractivity contribution >= 4 is 17.4 Å². The summed E-state index contributed by atoms with van der Waals surface area (Å²) in [5, 5.41) is 11.3. The molecule has 1 aromatic carbocycles. The third-order valence-electron chi connectivity index (χ3n) is 4.30. The standard InChI is InChI=1S/C19H24N4O/c1-19(2,3)14-8-4-5-9-15(14)20-18(24)16-10-11-17(22-21-16)23-12-6-7-13-23/h4-5,8-11H,6-7,12-13H2,1-3H3,(H,20,24). The smallest absolute Gasteiger partial charge is 0.276 e. The lowest BCUT2D eigenvalue weighted by molar-refractivity contribution is 0.102. The molecule has 1 saturated heterocycles. The van der Waals surface area contributed by atoms with Gasteiger partial charge in [-0.3, -0.25) is 4.79 Å². The Labute approximate surface area is 143 Å². The third-order valence-corrected chi connectivity index (χ3v) is 4.30. The lowest BCUT2D eigenvalue weighted by Gasteiger charge is -2.22. The van der Waals surface area contributed by atoms with E-state index in [0.29, 0.717) is 5.69 Å². The van der Waals surface area contributed by atoms with Gasteiger partial charge in [0, 0.05) is 18.8 Å². The van der Waals surface area contributed by atoms with Gasteiger partial charge in [-0.05, 0) is 42.0 Å². The Bertz CT molecular complexity index is 713. The van der Waals surface area contributed by atoms with E-state index in [9.17, 15) is 4.79 Å². The van der Waals surface area contributed by atoms with E-state index in [4.69, 9.17) is 0 Å². The SMILES string of the molecule is CC(C)(C)c1ccccc1NC(=O)c1ccc(N2CCCC2)nn1. The summed E-state index contributed by atoms with van der Waals surface area (Å²) in [5.41, 5.74) is 2.21. The third kappa shape index (κ3) is 3.55. The van der Waals surface area contributed by atoms with Crippen LogP contribution in [0.25, 0.3) is 0 Å². The van der Waals surface area contributed by atoms with Crippen LogP contribution in [0.2, 0.25) is 0 Å². The van der Waals surface area contributed by atoms with Crippen LogP contribution in [0.1, 0.15) is 49.7 Å². The molecule has 126 valence electrons. The molecule has 0 spiro atoms. The van der Waals surface area contributed by atoms with E-state index in [1.165, 1.54) is 12.8 Å². The fourth-order valence-corrected chi connectivity index (χ4v) is 2.99. The highest BCUT2D eigenvalue weighted by Crippen LogP contribution is 2.29. The van der Waals surface area contributed by atoms with Crippen molar-refractivity contribution in [1.29, 1.82) is 0 Å². The summed E-state index contributed by atoms with van der Waals surface area (Å²) in [7, 11) is 0. The van der Waals surface area contributed by atoms with Crippen molar-refractivity contribution in [2.24, 2.45) is 0 Å². The highest BCUT2D eigenvalue weighted by molar-refractivity contribution is 6.03. The number of amides is 1. The lowest BCUT2D eigenvalue weighted by Crippen LogP contribution is -2.22. The molecule has 1 aromatic heterocycles. The summed E-state index contributed by atoms with van der Waals surface area (Å²) in [6, 6.07) is 11.5. The van der Waals surface area contributed by atoms with Gasteiger partial charge in [-0.2, -0.15) is 0 Å². The van der Waals surface area contributed by atoms with Crippen LogP contribution < -0.4 is 10.2 Å². The summed E-state index contributed by atoms with van der Waals surface area (Å²) >= 11 is 0. The molecule has 0 aliphatic carbocycles. The molecule has 1 aliphatic heterocycles. The molecule has 1 amide bonds. The Kier molecular flexibility index (Phi) is 4.51. The van der Waals surface area contributed by atoms with Crippen LogP contribution >= 0.6 is 0 Å². The minimum absolute atomic E-state index is 0.0465. The second-order valence-electron chi connectivity index (χ2n) is 7.22. The maximum Gasteiger partial charge on any atom is 0.276 e. The summed E-state index contributed by atoms with van der Waals surface area (Å²) < 4.78 is 0. The quantitative estimate of drug-likeness (QED) is 0.937. The first-order chi connectivity index (χ1) is 11.4.